The summed E-state index contributed by atoms with van der Waals surface area (Å²) in [7, 11) is 0. The van der Waals surface area contributed by atoms with Gasteiger partial charge >= 0.3 is 0 Å². The van der Waals surface area contributed by atoms with Crippen LogP contribution in [0.4, 0.5) is 39.8 Å². The Kier molecular flexibility index (Phi) is 11.2. The number of allylic oxidation sites excluding steroid dienone is 1. The summed E-state index contributed by atoms with van der Waals surface area (Å²) in [5.41, 5.74) is 24.9. The predicted octanol–water partition coefficient (Wildman–Crippen LogP) is 17.0. The van der Waals surface area contributed by atoms with E-state index in [0.717, 1.165) is 17.1 Å². The third-order valence-electron chi connectivity index (χ3n) is 17.4. The molecular weight excluding hydrogens is 890 g/mol. The molecule has 366 valence electrons. The van der Waals surface area contributed by atoms with Crippen molar-refractivity contribution in [1.82, 2.24) is 0 Å². The summed E-state index contributed by atoms with van der Waals surface area (Å²) in [4.78, 5) is 9.21. The Bertz CT molecular complexity index is 3280. The van der Waals surface area contributed by atoms with Crippen LogP contribution in [0.3, 0.4) is 0 Å². The van der Waals surface area contributed by atoms with E-state index in [0.29, 0.717) is 0 Å². The van der Waals surface area contributed by atoms with Gasteiger partial charge in [-0.05, 0) is 178 Å². The molecule has 5 heteroatoms. The summed E-state index contributed by atoms with van der Waals surface area (Å²) in [6.45, 7) is 37.6. The molecular formula is C67H74BN3S. The van der Waals surface area contributed by atoms with Crippen LogP contribution in [0, 0.1) is 20.8 Å². The van der Waals surface area contributed by atoms with Gasteiger partial charge in [0.25, 0.3) is 6.71 Å². The van der Waals surface area contributed by atoms with Gasteiger partial charge in [-0.1, -0.05) is 161 Å². The molecule has 7 aromatic rings. The van der Waals surface area contributed by atoms with Crippen molar-refractivity contribution >= 4 is 79.6 Å². The molecule has 6 aromatic carbocycles. The zero-order valence-electron chi connectivity index (χ0n) is 45.6. The molecule has 3 nitrogen and oxygen atoms in total. The summed E-state index contributed by atoms with van der Waals surface area (Å²) >= 11 is 1.99. The van der Waals surface area contributed by atoms with E-state index < -0.39 is 0 Å². The molecule has 2 atom stereocenters. The highest BCUT2D eigenvalue weighted by atomic mass is 32.1. The third-order valence-corrected chi connectivity index (χ3v) is 18.7. The average Bonchev–Trinajstić information content (AvgIpc) is 3.76. The van der Waals surface area contributed by atoms with Crippen LogP contribution in [0.25, 0.3) is 17.2 Å². The van der Waals surface area contributed by atoms with Gasteiger partial charge in [-0.15, -0.1) is 11.3 Å². The molecule has 3 aliphatic heterocycles. The molecule has 1 aromatic heterocycles. The number of nitrogens with zero attached hydrogens (tertiary/aromatic N) is 3. The summed E-state index contributed by atoms with van der Waals surface area (Å²) < 4.78 is 1.41. The van der Waals surface area contributed by atoms with Gasteiger partial charge in [0.15, 0.2) is 0 Å². The fourth-order valence-electron chi connectivity index (χ4n) is 13.0. The van der Waals surface area contributed by atoms with E-state index in [2.05, 4.69) is 252 Å². The number of fused-ring (bicyclic) bond motifs is 7. The second kappa shape index (κ2) is 16.8. The number of thiophene rings is 1. The second-order valence-electron chi connectivity index (χ2n) is 25.2. The maximum atomic E-state index is 4.57. The van der Waals surface area contributed by atoms with E-state index in [-0.39, 0.29) is 33.9 Å². The largest absolute Gasteiger partial charge is 0.335 e. The van der Waals surface area contributed by atoms with Crippen molar-refractivity contribution < 1.29 is 0 Å². The van der Waals surface area contributed by atoms with E-state index in [1.807, 2.05) is 11.3 Å². The quantitative estimate of drug-likeness (QED) is 0.116. The smallest absolute Gasteiger partial charge is 0.264 e. The van der Waals surface area contributed by atoms with Gasteiger partial charge in [-0.3, -0.25) is 0 Å². The normalized spacial score (nSPS) is 19.2. The van der Waals surface area contributed by atoms with Gasteiger partial charge in [-0.2, -0.15) is 0 Å². The molecule has 4 aliphatic rings. The number of benzene rings is 6. The first-order chi connectivity index (χ1) is 34.0. The first-order valence-electron chi connectivity index (χ1n) is 26.6. The number of hydrogen-bond acceptors (Lipinski definition) is 4. The zero-order valence-corrected chi connectivity index (χ0v) is 46.4. The van der Waals surface area contributed by atoms with Gasteiger partial charge in [0.2, 0.25) is 0 Å². The molecule has 1 saturated carbocycles. The van der Waals surface area contributed by atoms with Crippen molar-refractivity contribution in [2.24, 2.45) is 0 Å². The van der Waals surface area contributed by atoms with Crippen molar-refractivity contribution in [2.45, 2.75) is 150 Å². The maximum absolute atomic E-state index is 4.57. The SMILES string of the molecule is C=C/C(=C\c1sc2c(c1C)N(c1ccc(C(C)(C)C)cc1C)c1cc(C)cc3c1B2c1cc(-c2ccccc2)cc2c1N3C1(C)CCCCC21C)N(c1ccc(C(C)(C)C)cc1)c1ccc(C(C)(C)C)cc1. The molecule has 0 radical (unpaired) electrons. The lowest BCUT2D eigenvalue weighted by Crippen LogP contribution is -2.64. The monoisotopic (exact) mass is 964 g/mol. The first kappa shape index (κ1) is 48.2. The predicted molar refractivity (Wildman–Crippen MR) is 315 cm³/mol. The second-order valence-corrected chi connectivity index (χ2v) is 26.3. The van der Waals surface area contributed by atoms with Crippen molar-refractivity contribution in [1.29, 1.82) is 0 Å². The highest BCUT2D eigenvalue weighted by molar-refractivity contribution is 7.29. The van der Waals surface area contributed by atoms with Crippen LogP contribution in [-0.4, -0.2) is 12.3 Å². The Morgan fingerprint density at radius 2 is 1.22 bits per heavy atom. The van der Waals surface area contributed by atoms with Gasteiger partial charge < -0.3 is 14.7 Å². The van der Waals surface area contributed by atoms with Crippen LogP contribution in [0.1, 0.15) is 146 Å². The van der Waals surface area contributed by atoms with Crippen LogP contribution < -0.4 is 30.4 Å². The van der Waals surface area contributed by atoms with Gasteiger partial charge in [0.05, 0.1) is 11.2 Å². The fourth-order valence-corrected chi connectivity index (χ4v) is 14.4. The number of anilines is 7. The molecule has 0 saturated heterocycles. The Morgan fingerprint density at radius 3 is 1.81 bits per heavy atom. The lowest BCUT2D eigenvalue weighted by Gasteiger charge is -2.52. The lowest BCUT2D eigenvalue weighted by molar-refractivity contribution is 0.195. The zero-order chi connectivity index (χ0) is 51.0. The van der Waals surface area contributed by atoms with Gasteiger partial charge in [-0.25, -0.2) is 0 Å². The maximum Gasteiger partial charge on any atom is 0.264 e. The lowest BCUT2D eigenvalue weighted by atomic mass is 9.36. The number of aryl methyl sites for hydroxylation is 2. The average molecular weight is 964 g/mol. The Hall–Kier alpha value is -6.04. The summed E-state index contributed by atoms with van der Waals surface area (Å²) in [6, 6.07) is 47.0. The minimum Gasteiger partial charge on any atom is -0.335 e. The van der Waals surface area contributed by atoms with Crippen LogP contribution in [0.5, 0.6) is 0 Å². The van der Waals surface area contributed by atoms with Crippen molar-refractivity contribution in [2.75, 3.05) is 14.7 Å². The molecule has 11 rings (SSSR count). The van der Waals surface area contributed by atoms with Crippen molar-refractivity contribution in [3.63, 3.8) is 0 Å². The molecule has 0 amide bonds. The van der Waals surface area contributed by atoms with E-state index in [1.165, 1.54) is 125 Å². The van der Waals surface area contributed by atoms with Gasteiger partial charge in [0.1, 0.15) is 0 Å². The topological polar surface area (TPSA) is 9.72 Å². The van der Waals surface area contributed by atoms with Crippen LogP contribution >= 0.6 is 11.3 Å². The molecule has 0 N–H and O–H groups in total. The van der Waals surface area contributed by atoms with Crippen molar-refractivity contribution in [3.05, 3.63) is 184 Å². The number of rotatable bonds is 7. The van der Waals surface area contributed by atoms with Crippen LogP contribution in [0.15, 0.2) is 140 Å². The molecule has 72 heavy (non-hydrogen) atoms. The third kappa shape index (κ3) is 7.41. The highest BCUT2D eigenvalue weighted by Crippen LogP contribution is 2.62. The summed E-state index contributed by atoms with van der Waals surface area (Å²) in [5.74, 6) is 0. The number of hydrogen-bond donors (Lipinski definition) is 0. The van der Waals surface area contributed by atoms with E-state index in [9.17, 15) is 0 Å². The van der Waals surface area contributed by atoms with Gasteiger partial charge in [0, 0.05) is 54.9 Å². The minimum atomic E-state index is -0.0721. The molecule has 1 aliphatic carbocycles. The Morgan fingerprint density at radius 1 is 0.639 bits per heavy atom. The molecule has 1 fully saturated rings. The van der Waals surface area contributed by atoms with E-state index in [1.54, 1.807) is 0 Å². The fraction of sp³-hybridized carbons (Fsp3) is 0.343. The van der Waals surface area contributed by atoms with Crippen LogP contribution in [-0.2, 0) is 21.7 Å². The highest BCUT2D eigenvalue weighted by Gasteiger charge is 2.61. The van der Waals surface area contributed by atoms with E-state index in [4.69, 9.17) is 0 Å². The van der Waals surface area contributed by atoms with Crippen LogP contribution in [0.2, 0.25) is 0 Å². The molecule has 0 spiro atoms. The minimum absolute atomic E-state index is 0.0100. The standard InChI is InChI=1S/C67H74BN3S/c1-16-50(69(51-29-24-47(25-30-51)63(5,6)7)52-31-26-48(27-32-52)64(8,9)10)41-58-44(4)60-62(72-58)68-54-40-46(45-22-18-17-19-23-45)39-53-61(54)71(67(15)35-21-20-34-66(53,67)14)57-37-42(2)36-56(59(57)68)70(60)55-33-28-49(38-43(55)3)65(11,12)13/h16-19,22-33,36-41H,1,20-21,34-35H2,2-15H3/b50-41+. The molecule has 2 unspecified atom stereocenters. The van der Waals surface area contributed by atoms with Crippen molar-refractivity contribution in [3.8, 4) is 11.1 Å². The Balaban J connectivity index is 1.20. The molecule has 0 bridgehead atoms. The summed E-state index contributed by atoms with van der Waals surface area (Å²) in [5, 5.41) is 0. The molecule has 4 heterocycles. The van der Waals surface area contributed by atoms with E-state index >= 15 is 0 Å². The Labute approximate surface area is 436 Å². The first-order valence-corrected chi connectivity index (χ1v) is 27.4. The summed E-state index contributed by atoms with van der Waals surface area (Å²) in [6.07, 6.45) is 9.35.